The van der Waals surface area contributed by atoms with Gasteiger partial charge in [-0.25, -0.2) is 9.18 Å². The van der Waals surface area contributed by atoms with Crippen molar-refractivity contribution >= 4 is 11.7 Å². The number of anilines is 1. The van der Waals surface area contributed by atoms with Crippen molar-refractivity contribution in [2.24, 2.45) is 0 Å². The number of nitrogens with one attached hydrogen (secondary N) is 2. The molecule has 0 aliphatic heterocycles. The fraction of sp³-hybridized carbons (Fsp3) is 0.462. The minimum Gasteiger partial charge on any atom is -0.391 e. The quantitative estimate of drug-likeness (QED) is 0.755. The van der Waals surface area contributed by atoms with E-state index >= 15 is 0 Å². The van der Waals surface area contributed by atoms with Crippen LogP contribution >= 0.6 is 0 Å². The Bertz CT molecular complexity index is 410. The van der Waals surface area contributed by atoms with Crippen LogP contribution in [0.1, 0.15) is 25.3 Å². The lowest BCUT2D eigenvalue weighted by molar-refractivity contribution is 0.162. The van der Waals surface area contributed by atoms with E-state index in [1.807, 2.05) is 6.92 Å². The number of aliphatic hydroxyl groups is 1. The molecule has 4 nitrogen and oxygen atoms in total. The maximum Gasteiger partial charge on any atom is 0.319 e. The predicted octanol–water partition coefficient (Wildman–Crippen LogP) is 2.42. The number of aliphatic hydroxyl groups excluding tert-OH is 1. The van der Waals surface area contributed by atoms with Crippen molar-refractivity contribution < 1.29 is 14.3 Å². The van der Waals surface area contributed by atoms with Crippen molar-refractivity contribution in [3.63, 3.8) is 0 Å². The van der Waals surface area contributed by atoms with Gasteiger partial charge in [-0.05, 0) is 31.0 Å². The molecule has 0 spiro atoms. The van der Waals surface area contributed by atoms with Gasteiger partial charge in [0.15, 0.2) is 0 Å². The number of hydrogen-bond acceptors (Lipinski definition) is 2. The first-order valence-electron chi connectivity index (χ1n) is 6.02. The van der Waals surface area contributed by atoms with Crippen LogP contribution in [0, 0.1) is 12.7 Å². The molecular formula is C13H19FN2O2. The summed E-state index contributed by atoms with van der Waals surface area (Å²) in [6, 6.07) is 4.05. The van der Waals surface area contributed by atoms with Crippen LogP contribution in [0.3, 0.4) is 0 Å². The SMILES string of the molecule is CCCC(O)CNC(=O)Nc1ccc(C)cc1F. The Kier molecular flexibility index (Phi) is 5.58. The molecule has 0 heterocycles. The van der Waals surface area contributed by atoms with Crippen molar-refractivity contribution in [3.05, 3.63) is 29.6 Å². The molecule has 0 aliphatic rings. The number of benzene rings is 1. The number of carbonyl (C=O) groups excluding carboxylic acids is 1. The second kappa shape index (κ2) is 6.96. The lowest BCUT2D eigenvalue weighted by Gasteiger charge is -2.12. The summed E-state index contributed by atoms with van der Waals surface area (Å²) in [4.78, 5) is 11.5. The molecule has 1 aromatic rings. The summed E-state index contributed by atoms with van der Waals surface area (Å²) in [5.74, 6) is -0.473. The Labute approximate surface area is 106 Å². The average molecular weight is 254 g/mol. The molecule has 18 heavy (non-hydrogen) atoms. The van der Waals surface area contributed by atoms with Gasteiger partial charge in [0, 0.05) is 6.54 Å². The van der Waals surface area contributed by atoms with Gasteiger partial charge in [-0.2, -0.15) is 0 Å². The van der Waals surface area contributed by atoms with E-state index in [1.54, 1.807) is 13.0 Å². The van der Waals surface area contributed by atoms with E-state index in [4.69, 9.17) is 0 Å². The Hall–Kier alpha value is -1.62. The Morgan fingerprint density at radius 1 is 1.50 bits per heavy atom. The van der Waals surface area contributed by atoms with E-state index < -0.39 is 18.0 Å². The van der Waals surface area contributed by atoms with Crippen LogP contribution in [0.15, 0.2) is 18.2 Å². The third-order valence-corrected chi connectivity index (χ3v) is 2.49. The molecule has 0 radical (unpaired) electrons. The number of carbonyl (C=O) groups is 1. The highest BCUT2D eigenvalue weighted by molar-refractivity contribution is 5.89. The average Bonchev–Trinajstić information content (AvgIpc) is 2.31. The highest BCUT2D eigenvalue weighted by atomic mass is 19.1. The standard InChI is InChI=1S/C13H19FN2O2/c1-3-4-10(17)8-15-13(18)16-12-6-5-9(2)7-11(12)14/h5-7,10,17H,3-4,8H2,1-2H3,(H2,15,16,18). The van der Waals surface area contributed by atoms with Crippen LogP contribution in [-0.2, 0) is 0 Å². The number of amides is 2. The van der Waals surface area contributed by atoms with Gasteiger partial charge in [-0.15, -0.1) is 0 Å². The zero-order chi connectivity index (χ0) is 13.5. The van der Waals surface area contributed by atoms with Crippen molar-refractivity contribution in [3.8, 4) is 0 Å². The van der Waals surface area contributed by atoms with Crippen LogP contribution in [0.2, 0.25) is 0 Å². The highest BCUT2D eigenvalue weighted by Gasteiger charge is 2.08. The summed E-state index contributed by atoms with van der Waals surface area (Å²) in [7, 11) is 0. The lowest BCUT2D eigenvalue weighted by atomic mass is 10.2. The maximum atomic E-state index is 13.4. The fourth-order valence-corrected chi connectivity index (χ4v) is 1.53. The normalized spacial score (nSPS) is 12.0. The predicted molar refractivity (Wildman–Crippen MR) is 69.1 cm³/mol. The van der Waals surface area contributed by atoms with Crippen LogP contribution in [0.5, 0.6) is 0 Å². The van der Waals surface area contributed by atoms with Gasteiger partial charge < -0.3 is 15.7 Å². The number of urea groups is 1. The van der Waals surface area contributed by atoms with Gasteiger partial charge in [0.2, 0.25) is 0 Å². The van der Waals surface area contributed by atoms with E-state index in [0.717, 1.165) is 12.0 Å². The first-order valence-corrected chi connectivity index (χ1v) is 6.02. The smallest absolute Gasteiger partial charge is 0.319 e. The van der Waals surface area contributed by atoms with Gasteiger partial charge >= 0.3 is 6.03 Å². The zero-order valence-corrected chi connectivity index (χ0v) is 10.7. The van der Waals surface area contributed by atoms with Gasteiger partial charge in [0.25, 0.3) is 0 Å². The first kappa shape index (κ1) is 14.4. The first-order chi connectivity index (χ1) is 8.52. The number of aryl methyl sites for hydroxylation is 1. The van der Waals surface area contributed by atoms with Crippen molar-refractivity contribution in [1.29, 1.82) is 0 Å². The molecule has 1 aromatic carbocycles. The van der Waals surface area contributed by atoms with E-state index in [0.29, 0.717) is 6.42 Å². The molecule has 1 atom stereocenters. The Morgan fingerprint density at radius 2 is 2.22 bits per heavy atom. The Balaban J connectivity index is 2.44. The van der Waals surface area contributed by atoms with Crippen LogP contribution < -0.4 is 10.6 Å². The molecule has 0 saturated heterocycles. The van der Waals surface area contributed by atoms with E-state index in [-0.39, 0.29) is 12.2 Å². The maximum absolute atomic E-state index is 13.4. The zero-order valence-electron chi connectivity index (χ0n) is 10.7. The molecule has 0 saturated carbocycles. The molecule has 1 unspecified atom stereocenters. The topological polar surface area (TPSA) is 61.4 Å². The Morgan fingerprint density at radius 3 is 2.83 bits per heavy atom. The minimum atomic E-state index is -0.566. The van der Waals surface area contributed by atoms with Crippen molar-refractivity contribution in [2.75, 3.05) is 11.9 Å². The summed E-state index contributed by atoms with van der Waals surface area (Å²) in [5, 5.41) is 14.3. The number of hydrogen-bond donors (Lipinski definition) is 3. The molecule has 0 fully saturated rings. The minimum absolute atomic E-state index is 0.128. The monoisotopic (exact) mass is 254 g/mol. The summed E-state index contributed by atoms with van der Waals surface area (Å²) in [6.45, 7) is 3.88. The third-order valence-electron chi connectivity index (χ3n) is 2.49. The highest BCUT2D eigenvalue weighted by Crippen LogP contribution is 2.14. The fourth-order valence-electron chi connectivity index (χ4n) is 1.53. The summed E-state index contributed by atoms with van der Waals surface area (Å²) in [5.41, 5.74) is 0.917. The van der Waals surface area contributed by atoms with Crippen molar-refractivity contribution in [1.82, 2.24) is 5.32 Å². The van der Waals surface area contributed by atoms with Gasteiger partial charge in [-0.1, -0.05) is 19.4 Å². The second-order valence-electron chi connectivity index (χ2n) is 4.26. The molecule has 100 valence electrons. The summed E-state index contributed by atoms with van der Waals surface area (Å²) >= 11 is 0. The van der Waals surface area contributed by atoms with Gasteiger partial charge in [-0.3, -0.25) is 0 Å². The molecule has 0 bridgehead atoms. The molecule has 3 N–H and O–H groups in total. The second-order valence-corrected chi connectivity index (χ2v) is 4.26. The van der Waals surface area contributed by atoms with E-state index in [9.17, 15) is 14.3 Å². The summed E-state index contributed by atoms with van der Waals surface area (Å²) in [6.07, 6.45) is 0.902. The summed E-state index contributed by atoms with van der Waals surface area (Å²) < 4.78 is 13.4. The van der Waals surface area contributed by atoms with Crippen molar-refractivity contribution in [2.45, 2.75) is 32.8 Å². The molecule has 0 aromatic heterocycles. The number of rotatable bonds is 5. The molecule has 1 rings (SSSR count). The van der Waals surface area contributed by atoms with Gasteiger partial charge in [0.05, 0.1) is 11.8 Å². The van der Waals surface area contributed by atoms with E-state index in [1.165, 1.54) is 12.1 Å². The molecule has 2 amide bonds. The molecular weight excluding hydrogens is 235 g/mol. The van der Waals surface area contributed by atoms with Gasteiger partial charge in [0.1, 0.15) is 5.82 Å². The van der Waals surface area contributed by atoms with Crippen LogP contribution in [0.4, 0.5) is 14.9 Å². The largest absolute Gasteiger partial charge is 0.391 e. The number of halogens is 1. The van der Waals surface area contributed by atoms with E-state index in [2.05, 4.69) is 10.6 Å². The van der Waals surface area contributed by atoms with Crippen LogP contribution in [-0.4, -0.2) is 23.8 Å². The molecule has 5 heteroatoms. The lowest BCUT2D eigenvalue weighted by Crippen LogP contribution is -2.35. The third kappa shape index (κ3) is 4.71. The van der Waals surface area contributed by atoms with Crippen LogP contribution in [0.25, 0.3) is 0 Å². The molecule has 0 aliphatic carbocycles.